The van der Waals surface area contributed by atoms with Gasteiger partial charge in [0.15, 0.2) is 0 Å². The maximum atomic E-state index is 13.4. The molecule has 1 saturated heterocycles. The summed E-state index contributed by atoms with van der Waals surface area (Å²) in [5.74, 6) is -0.513. The zero-order valence-corrected chi connectivity index (χ0v) is 16.8. The van der Waals surface area contributed by atoms with Crippen molar-refractivity contribution in [1.29, 1.82) is 0 Å². The predicted octanol–water partition coefficient (Wildman–Crippen LogP) is 3.65. The molecule has 2 aromatic carbocycles. The average molecular weight is 390 g/mol. The molecule has 5 heteroatoms. The molecule has 2 aliphatic rings. The van der Waals surface area contributed by atoms with Crippen LogP contribution in [0.1, 0.15) is 30.9 Å². The van der Waals surface area contributed by atoms with E-state index in [2.05, 4.69) is 6.92 Å². The number of rotatable bonds is 6. The lowest BCUT2D eigenvalue weighted by molar-refractivity contribution is -0.121. The van der Waals surface area contributed by atoms with Gasteiger partial charge in [0.05, 0.1) is 24.5 Å². The Morgan fingerprint density at radius 1 is 0.897 bits per heavy atom. The summed E-state index contributed by atoms with van der Waals surface area (Å²) in [4.78, 5) is 30.1. The van der Waals surface area contributed by atoms with Crippen molar-refractivity contribution in [2.24, 2.45) is 0 Å². The van der Waals surface area contributed by atoms with Crippen LogP contribution in [0.15, 0.2) is 60.3 Å². The summed E-state index contributed by atoms with van der Waals surface area (Å²) in [6, 6.07) is 17.3. The fourth-order valence-corrected chi connectivity index (χ4v) is 3.89. The molecule has 0 radical (unpaired) electrons. The number of carbonyl (C=O) groups is 2. The highest BCUT2D eigenvalue weighted by Gasteiger charge is 2.42. The van der Waals surface area contributed by atoms with Gasteiger partial charge in [0.25, 0.3) is 11.8 Å². The van der Waals surface area contributed by atoms with Crippen LogP contribution < -0.4 is 4.90 Å². The summed E-state index contributed by atoms with van der Waals surface area (Å²) >= 11 is 0. The van der Waals surface area contributed by atoms with Crippen LogP contribution in [0.5, 0.6) is 0 Å². The number of benzene rings is 2. The maximum Gasteiger partial charge on any atom is 0.282 e. The molecule has 0 aliphatic carbocycles. The van der Waals surface area contributed by atoms with Gasteiger partial charge in [0, 0.05) is 13.1 Å². The Balaban J connectivity index is 1.70. The number of morpholine rings is 1. The van der Waals surface area contributed by atoms with Gasteiger partial charge in [-0.25, -0.2) is 4.90 Å². The second-order valence-electron chi connectivity index (χ2n) is 7.40. The minimum absolute atomic E-state index is 0.253. The van der Waals surface area contributed by atoms with Crippen LogP contribution in [0.4, 0.5) is 5.69 Å². The van der Waals surface area contributed by atoms with Crippen LogP contribution in [0.25, 0.3) is 5.57 Å². The normalized spacial score (nSPS) is 17.4. The van der Waals surface area contributed by atoms with E-state index in [0.717, 1.165) is 24.8 Å². The number of hydrogen-bond acceptors (Lipinski definition) is 4. The van der Waals surface area contributed by atoms with Crippen LogP contribution in [-0.2, 0) is 20.7 Å². The molecular weight excluding hydrogens is 364 g/mol. The Morgan fingerprint density at radius 3 is 2.24 bits per heavy atom. The Kier molecular flexibility index (Phi) is 5.76. The molecule has 2 amide bonds. The van der Waals surface area contributed by atoms with Gasteiger partial charge in [-0.3, -0.25) is 9.59 Å². The molecule has 2 heterocycles. The molecule has 4 rings (SSSR count). The first-order valence-electron chi connectivity index (χ1n) is 10.3. The largest absolute Gasteiger partial charge is 0.378 e. The fraction of sp³-hybridized carbons (Fsp3) is 0.333. The number of unbranched alkanes of at least 4 members (excludes halogenated alkanes) is 1. The monoisotopic (exact) mass is 390 g/mol. The molecule has 1 fully saturated rings. The topological polar surface area (TPSA) is 49.9 Å². The second kappa shape index (κ2) is 8.62. The summed E-state index contributed by atoms with van der Waals surface area (Å²) in [5, 5.41) is 0. The highest BCUT2D eigenvalue weighted by molar-refractivity contribution is 6.45. The van der Waals surface area contributed by atoms with E-state index in [1.54, 1.807) is 0 Å². The molecule has 2 aromatic rings. The van der Waals surface area contributed by atoms with E-state index >= 15 is 0 Å². The van der Waals surface area contributed by atoms with Crippen LogP contribution in [0.2, 0.25) is 0 Å². The molecule has 2 aliphatic heterocycles. The van der Waals surface area contributed by atoms with Crippen molar-refractivity contribution in [3.8, 4) is 0 Å². The lowest BCUT2D eigenvalue weighted by atomic mass is 10.0. The zero-order valence-electron chi connectivity index (χ0n) is 16.8. The molecule has 0 bridgehead atoms. The van der Waals surface area contributed by atoms with E-state index in [1.165, 1.54) is 10.5 Å². The molecule has 0 saturated carbocycles. The number of hydrogen-bond donors (Lipinski definition) is 0. The van der Waals surface area contributed by atoms with E-state index in [1.807, 2.05) is 59.5 Å². The third-order valence-corrected chi connectivity index (χ3v) is 5.46. The van der Waals surface area contributed by atoms with Crippen molar-refractivity contribution in [2.45, 2.75) is 26.2 Å². The number of amides is 2. The Morgan fingerprint density at radius 2 is 1.59 bits per heavy atom. The summed E-state index contributed by atoms with van der Waals surface area (Å²) in [7, 11) is 0. The minimum atomic E-state index is -0.260. The Labute approximate surface area is 171 Å². The van der Waals surface area contributed by atoms with Crippen molar-refractivity contribution >= 4 is 23.1 Å². The lowest BCUT2D eigenvalue weighted by Crippen LogP contribution is -2.40. The van der Waals surface area contributed by atoms with E-state index in [-0.39, 0.29) is 11.8 Å². The number of ether oxygens (including phenoxy) is 1. The van der Waals surface area contributed by atoms with Gasteiger partial charge in [-0.1, -0.05) is 55.8 Å². The fourth-order valence-electron chi connectivity index (χ4n) is 3.89. The van der Waals surface area contributed by atoms with Crippen molar-refractivity contribution in [2.75, 3.05) is 31.2 Å². The summed E-state index contributed by atoms with van der Waals surface area (Å²) in [5.41, 5.74) is 3.58. The number of aryl methyl sites for hydroxylation is 1. The second-order valence-corrected chi connectivity index (χ2v) is 7.40. The number of carbonyl (C=O) groups excluding carboxylic acids is 2. The highest BCUT2D eigenvalue weighted by Crippen LogP contribution is 2.35. The molecule has 0 aromatic heterocycles. The van der Waals surface area contributed by atoms with Crippen molar-refractivity contribution < 1.29 is 14.3 Å². The first-order valence-corrected chi connectivity index (χ1v) is 10.3. The Hall–Kier alpha value is -2.92. The smallest absolute Gasteiger partial charge is 0.282 e. The summed E-state index contributed by atoms with van der Waals surface area (Å²) in [6.07, 6.45) is 3.27. The molecule has 5 nitrogen and oxygen atoms in total. The third-order valence-electron chi connectivity index (χ3n) is 5.46. The molecule has 0 N–H and O–H groups in total. The third kappa shape index (κ3) is 3.83. The van der Waals surface area contributed by atoms with Gasteiger partial charge in [0.1, 0.15) is 5.70 Å². The predicted molar refractivity (Wildman–Crippen MR) is 113 cm³/mol. The molecule has 150 valence electrons. The van der Waals surface area contributed by atoms with Crippen molar-refractivity contribution in [3.05, 3.63) is 71.4 Å². The van der Waals surface area contributed by atoms with Crippen molar-refractivity contribution in [3.63, 3.8) is 0 Å². The molecule has 0 atom stereocenters. The maximum absolute atomic E-state index is 13.4. The number of nitrogens with zero attached hydrogens (tertiary/aromatic N) is 2. The van der Waals surface area contributed by atoms with E-state index in [9.17, 15) is 9.59 Å². The van der Waals surface area contributed by atoms with Gasteiger partial charge in [-0.15, -0.1) is 0 Å². The summed E-state index contributed by atoms with van der Waals surface area (Å²) < 4.78 is 5.45. The van der Waals surface area contributed by atoms with E-state index < -0.39 is 0 Å². The highest BCUT2D eigenvalue weighted by atomic mass is 16.5. The SMILES string of the molecule is CCCCc1ccc(N2C(=O)C(c3ccccc3)=C(N3CCOCC3)C2=O)cc1. The lowest BCUT2D eigenvalue weighted by Gasteiger charge is -2.29. The molecule has 29 heavy (non-hydrogen) atoms. The van der Waals surface area contributed by atoms with Crippen LogP contribution in [-0.4, -0.2) is 43.0 Å². The number of anilines is 1. The van der Waals surface area contributed by atoms with Crippen molar-refractivity contribution in [1.82, 2.24) is 4.90 Å². The van der Waals surface area contributed by atoms with Crippen LogP contribution >= 0.6 is 0 Å². The molecule has 0 unspecified atom stereocenters. The van der Waals surface area contributed by atoms with Gasteiger partial charge in [-0.2, -0.15) is 0 Å². The van der Waals surface area contributed by atoms with E-state index in [4.69, 9.17) is 4.74 Å². The van der Waals surface area contributed by atoms with Crippen LogP contribution in [0, 0.1) is 0 Å². The average Bonchev–Trinajstić information content (AvgIpc) is 3.04. The number of imide groups is 1. The van der Waals surface area contributed by atoms with Gasteiger partial charge in [-0.05, 0) is 36.1 Å². The molecule has 0 spiro atoms. The minimum Gasteiger partial charge on any atom is -0.378 e. The first-order chi connectivity index (χ1) is 14.2. The van der Waals surface area contributed by atoms with Gasteiger partial charge < -0.3 is 9.64 Å². The molecular formula is C24H26N2O3. The first kappa shape index (κ1) is 19.4. The van der Waals surface area contributed by atoms with Crippen LogP contribution in [0.3, 0.4) is 0 Å². The zero-order chi connectivity index (χ0) is 20.2. The van der Waals surface area contributed by atoms with Gasteiger partial charge in [0.2, 0.25) is 0 Å². The van der Waals surface area contributed by atoms with Gasteiger partial charge >= 0.3 is 0 Å². The van der Waals surface area contributed by atoms with E-state index in [0.29, 0.717) is 43.3 Å². The summed E-state index contributed by atoms with van der Waals surface area (Å²) in [6.45, 7) is 4.49. The quantitative estimate of drug-likeness (QED) is 0.707. The Bertz CT molecular complexity index is 913. The standard InChI is InChI=1S/C24H26N2O3/c1-2-3-7-18-10-12-20(13-11-18)26-23(27)21(19-8-5-4-6-9-19)22(24(26)28)25-14-16-29-17-15-25/h4-6,8-13H,2-3,7,14-17H2,1H3.